The van der Waals surface area contributed by atoms with Crippen LogP contribution >= 0.6 is 22.7 Å². The summed E-state index contributed by atoms with van der Waals surface area (Å²) >= 11 is 3.17. The maximum Gasteiger partial charge on any atom is 0.325 e. The average molecular weight is 457 g/mol. The van der Waals surface area contributed by atoms with Crippen LogP contribution < -0.4 is 5.32 Å². The second kappa shape index (κ2) is 8.20. The molecule has 2 aromatic rings. The third-order valence-corrected chi connectivity index (χ3v) is 8.23. The Hall–Kier alpha value is -2.52. The largest absolute Gasteiger partial charge is 0.325 e. The van der Waals surface area contributed by atoms with E-state index in [1.807, 2.05) is 35.0 Å². The number of urea groups is 1. The van der Waals surface area contributed by atoms with Crippen molar-refractivity contribution in [1.82, 2.24) is 15.2 Å². The number of nitrogens with zero attached hydrogens (tertiary/aromatic N) is 3. The van der Waals surface area contributed by atoms with E-state index in [0.29, 0.717) is 19.3 Å². The monoisotopic (exact) mass is 456 g/mol. The quantitative estimate of drug-likeness (QED) is 0.702. The number of hydrogen-bond acceptors (Lipinski definition) is 6. The third kappa shape index (κ3) is 3.70. The number of carbonyl (C=O) groups is 3. The van der Waals surface area contributed by atoms with Gasteiger partial charge in [0, 0.05) is 11.3 Å². The number of hydrazone groups is 1. The third-order valence-electron chi connectivity index (χ3n) is 6.34. The molecule has 0 aromatic carbocycles. The lowest BCUT2D eigenvalue weighted by Crippen LogP contribution is -2.47. The SMILES string of the molecule is O=C1NC2(CCCCCC2)C(=O)N1CC(=O)N1N=C(c2cccs2)C[C@H]1c1cccs1. The molecule has 1 spiro atoms. The zero-order valence-electron chi connectivity index (χ0n) is 17.1. The van der Waals surface area contributed by atoms with Gasteiger partial charge in [-0.05, 0) is 35.7 Å². The number of hydrogen-bond donors (Lipinski definition) is 1. The molecule has 5 rings (SSSR count). The molecule has 1 N–H and O–H groups in total. The molecule has 1 saturated carbocycles. The van der Waals surface area contributed by atoms with E-state index >= 15 is 0 Å². The fourth-order valence-electron chi connectivity index (χ4n) is 4.73. The van der Waals surface area contributed by atoms with Crippen LogP contribution in [0.4, 0.5) is 4.79 Å². The van der Waals surface area contributed by atoms with E-state index in [1.165, 1.54) is 5.01 Å². The summed E-state index contributed by atoms with van der Waals surface area (Å²) in [6, 6.07) is 7.24. The van der Waals surface area contributed by atoms with Gasteiger partial charge in [-0.15, -0.1) is 22.7 Å². The van der Waals surface area contributed by atoms with E-state index in [1.54, 1.807) is 22.7 Å². The molecule has 2 fully saturated rings. The van der Waals surface area contributed by atoms with Crippen molar-refractivity contribution < 1.29 is 14.4 Å². The molecule has 0 bridgehead atoms. The standard InChI is InChI=1S/C22H24N4O3S2/c27-19(14-25-20(28)22(23-21(25)29)9-3-1-2-4-10-22)26-16(18-8-6-12-31-18)13-15(24-26)17-7-5-11-30-17/h5-8,11-12,16H,1-4,9-10,13-14H2,(H,23,29)/t16-/m0/s1. The molecule has 1 saturated heterocycles. The Labute approximate surface area is 188 Å². The van der Waals surface area contributed by atoms with E-state index in [9.17, 15) is 14.4 Å². The van der Waals surface area contributed by atoms with Gasteiger partial charge >= 0.3 is 6.03 Å². The summed E-state index contributed by atoms with van der Waals surface area (Å²) in [6.07, 6.45) is 5.87. The highest BCUT2D eigenvalue weighted by molar-refractivity contribution is 7.12. The molecule has 9 heteroatoms. The molecule has 0 radical (unpaired) electrons. The van der Waals surface area contributed by atoms with Crippen LogP contribution in [0.3, 0.4) is 0 Å². The lowest BCUT2D eigenvalue weighted by atomic mass is 9.90. The summed E-state index contributed by atoms with van der Waals surface area (Å²) in [4.78, 5) is 42.3. The molecule has 7 nitrogen and oxygen atoms in total. The van der Waals surface area contributed by atoms with Gasteiger partial charge in [-0.1, -0.05) is 37.8 Å². The summed E-state index contributed by atoms with van der Waals surface area (Å²) in [7, 11) is 0. The van der Waals surface area contributed by atoms with E-state index in [-0.39, 0.29) is 24.4 Å². The van der Waals surface area contributed by atoms with E-state index in [2.05, 4.69) is 10.4 Å². The highest BCUT2D eigenvalue weighted by atomic mass is 32.1. The maximum atomic E-state index is 13.3. The Morgan fingerprint density at radius 1 is 1.10 bits per heavy atom. The molecular formula is C22H24N4O3S2. The summed E-state index contributed by atoms with van der Waals surface area (Å²) < 4.78 is 0. The van der Waals surface area contributed by atoms with Gasteiger partial charge in [0.25, 0.3) is 11.8 Å². The first-order valence-corrected chi connectivity index (χ1v) is 12.4. The van der Waals surface area contributed by atoms with Crippen molar-refractivity contribution in [2.75, 3.05) is 6.54 Å². The van der Waals surface area contributed by atoms with E-state index in [0.717, 1.165) is 46.0 Å². The average Bonchev–Trinajstić information content (AvgIpc) is 3.53. The number of thiophene rings is 2. The number of imide groups is 1. The van der Waals surface area contributed by atoms with Crippen molar-refractivity contribution in [1.29, 1.82) is 0 Å². The normalized spacial score (nSPS) is 23.2. The maximum absolute atomic E-state index is 13.3. The molecular weight excluding hydrogens is 432 g/mol. The lowest BCUT2D eigenvalue weighted by molar-refractivity contribution is -0.140. The topological polar surface area (TPSA) is 82.1 Å². The number of amides is 4. The van der Waals surface area contributed by atoms with Crippen LogP contribution in [0.1, 0.15) is 60.7 Å². The molecule has 4 amide bonds. The second-order valence-electron chi connectivity index (χ2n) is 8.32. The highest BCUT2D eigenvalue weighted by Crippen LogP contribution is 2.37. The minimum absolute atomic E-state index is 0.211. The Bertz CT molecular complexity index is 1010. The zero-order chi connectivity index (χ0) is 21.4. The Balaban J connectivity index is 1.38. The predicted octanol–water partition coefficient (Wildman–Crippen LogP) is 4.13. The van der Waals surface area contributed by atoms with Crippen molar-refractivity contribution in [3.8, 4) is 0 Å². The predicted molar refractivity (Wildman–Crippen MR) is 120 cm³/mol. The van der Waals surface area contributed by atoms with Crippen molar-refractivity contribution >= 4 is 46.2 Å². The van der Waals surface area contributed by atoms with Crippen LogP contribution in [0.25, 0.3) is 0 Å². The first kappa shape index (κ1) is 20.4. The molecule has 1 atom stereocenters. The van der Waals surface area contributed by atoms with Crippen LogP contribution in [0, 0.1) is 0 Å². The minimum atomic E-state index is -0.836. The van der Waals surface area contributed by atoms with Gasteiger partial charge in [0.2, 0.25) is 0 Å². The molecule has 31 heavy (non-hydrogen) atoms. The second-order valence-corrected chi connectivity index (χ2v) is 10.2. The van der Waals surface area contributed by atoms with Gasteiger partial charge in [0.1, 0.15) is 12.1 Å². The summed E-state index contributed by atoms with van der Waals surface area (Å²) in [5.41, 5.74) is 0.0245. The first-order chi connectivity index (χ1) is 15.1. The molecule has 162 valence electrons. The van der Waals surface area contributed by atoms with Gasteiger partial charge in [-0.2, -0.15) is 5.10 Å². The van der Waals surface area contributed by atoms with Crippen molar-refractivity contribution in [2.24, 2.45) is 5.10 Å². The molecule has 4 heterocycles. The molecule has 0 unspecified atom stereocenters. The fraction of sp³-hybridized carbons (Fsp3) is 0.455. The van der Waals surface area contributed by atoms with Crippen LogP contribution in [-0.4, -0.2) is 45.5 Å². The van der Waals surface area contributed by atoms with Crippen molar-refractivity contribution in [3.63, 3.8) is 0 Å². The summed E-state index contributed by atoms with van der Waals surface area (Å²) in [6.45, 7) is -0.282. The number of nitrogens with one attached hydrogen (secondary N) is 1. The van der Waals surface area contributed by atoms with Crippen LogP contribution in [0.15, 0.2) is 40.1 Å². The zero-order valence-corrected chi connectivity index (χ0v) is 18.7. The van der Waals surface area contributed by atoms with Gasteiger partial charge in [0.15, 0.2) is 0 Å². The number of rotatable bonds is 4. The van der Waals surface area contributed by atoms with Crippen LogP contribution in [0.5, 0.6) is 0 Å². The molecule has 2 aliphatic heterocycles. The fourth-order valence-corrected chi connectivity index (χ4v) is 6.27. The summed E-state index contributed by atoms with van der Waals surface area (Å²) in [5, 5.41) is 13.0. The van der Waals surface area contributed by atoms with E-state index < -0.39 is 11.6 Å². The lowest BCUT2D eigenvalue weighted by Gasteiger charge is -2.25. The van der Waals surface area contributed by atoms with Crippen molar-refractivity contribution in [2.45, 2.75) is 56.5 Å². The number of carbonyl (C=O) groups excluding carboxylic acids is 3. The molecule has 3 aliphatic rings. The summed E-state index contributed by atoms with van der Waals surface area (Å²) in [5.74, 6) is -0.596. The smallest absolute Gasteiger partial charge is 0.323 e. The van der Waals surface area contributed by atoms with Gasteiger partial charge in [-0.3, -0.25) is 14.5 Å². The van der Waals surface area contributed by atoms with Gasteiger partial charge in [-0.25, -0.2) is 9.80 Å². The van der Waals surface area contributed by atoms with Crippen LogP contribution in [-0.2, 0) is 9.59 Å². The van der Waals surface area contributed by atoms with Gasteiger partial charge in [0.05, 0.1) is 16.6 Å². The van der Waals surface area contributed by atoms with Gasteiger partial charge < -0.3 is 5.32 Å². The Morgan fingerprint density at radius 2 is 1.84 bits per heavy atom. The van der Waals surface area contributed by atoms with Crippen LogP contribution in [0.2, 0.25) is 0 Å². The van der Waals surface area contributed by atoms with E-state index in [4.69, 9.17) is 0 Å². The first-order valence-electron chi connectivity index (χ1n) is 10.7. The van der Waals surface area contributed by atoms with Crippen molar-refractivity contribution in [3.05, 3.63) is 44.8 Å². The highest BCUT2D eigenvalue weighted by Gasteiger charge is 2.51. The minimum Gasteiger partial charge on any atom is -0.323 e. The Kier molecular flexibility index (Phi) is 5.39. The Morgan fingerprint density at radius 3 is 2.52 bits per heavy atom. The molecule has 2 aromatic heterocycles. The molecule has 1 aliphatic carbocycles.